The Morgan fingerprint density at radius 1 is 0.842 bits per heavy atom. The molecule has 5 atom stereocenters. The Kier molecular flexibility index (Phi) is 15.1. The molecule has 14 heteroatoms. The lowest BCUT2D eigenvalue weighted by atomic mass is 9.90. The molecule has 0 saturated carbocycles. The second-order valence-electron chi connectivity index (χ2n) is 15.0. The zero-order valence-corrected chi connectivity index (χ0v) is 34.1. The van der Waals surface area contributed by atoms with Gasteiger partial charge in [0.05, 0.1) is 43.5 Å². The van der Waals surface area contributed by atoms with Crippen LogP contribution in [0.1, 0.15) is 43.4 Å². The van der Waals surface area contributed by atoms with Gasteiger partial charge in [0, 0.05) is 25.4 Å². The first-order valence-electron chi connectivity index (χ1n) is 19.4. The van der Waals surface area contributed by atoms with Gasteiger partial charge in [-0.1, -0.05) is 105 Å². The third-order valence-electron chi connectivity index (χ3n) is 10.1. The SMILES string of the molecule is CC(C)CN(C[C@@H](O)[C@H](Cc1ccccc1)NC(=O)C[C@H]1CO[C@H]2OCC[C@@H]12)S(=O)(=O)c1ccc(OCP(=O)(OCc2ccccc2)OCc2ccccc2)cc1. The van der Waals surface area contributed by atoms with Gasteiger partial charge < -0.3 is 33.7 Å². The first kappa shape index (κ1) is 42.7. The number of nitrogens with one attached hydrogen (secondary N) is 1. The number of aliphatic hydroxyl groups is 1. The van der Waals surface area contributed by atoms with Crippen molar-refractivity contribution in [1.82, 2.24) is 9.62 Å². The summed E-state index contributed by atoms with van der Waals surface area (Å²) in [7, 11) is -7.91. The molecule has 4 aromatic carbocycles. The summed E-state index contributed by atoms with van der Waals surface area (Å²) in [5, 5.41) is 14.7. The van der Waals surface area contributed by atoms with Gasteiger partial charge in [-0.2, -0.15) is 4.31 Å². The van der Waals surface area contributed by atoms with Crippen molar-refractivity contribution in [2.24, 2.45) is 17.8 Å². The zero-order chi connectivity index (χ0) is 40.3. The molecule has 2 aliphatic rings. The molecule has 0 radical (unpaired) electrons. The van der Waals surface area contributed by atoms with Crippen LogP contribution in [-0.2, 0) is 57.5 Å². The Bertz CT molecular complexity index is 1960. The third kappa shape index (κ3) is 12.3. The number of aliphatic hydroxyl groups excluding tert-OH is 1. The molecule has 2 aliphatic heterocycles. The smallest absolute Gasteiger partial charge is 0.368 e. The molecule has 4 aromatic rings. The Morgan fingerprint density at radius 2 is 1.42 bits per heavy atom. The summed E-state index contributed by atoms with van der Waals surface area (Å²) in [6, 6.07) is 33.1. The van der Waals surface area contributed by atoms with Gasteiger partial charge in [0.2, 0.25) is 15.9 Å². The number of amides is 1. The Labute approximate surface area is 336 Å². The normalized spacial score (nSPS) is 19.4. The minimum Gasteiger partial charge on any atom is -0.481 e. The maximum Gasteiger partial charge on any atom is 0.368 e. The van der Waals surface area contributed by atoms with Crippen molar-refractivity contribution in [3.05, 3.63) is 132 Å². The van der Waals surface area contributed by atoms with Crippen LogP contribution in [0, 0.1) is 17.8 Å². The molecule has 2 fully saturated rings. The third-order valence-corrected chi connectivity index (χ3v) is 13.4. The van der Waals surface area contributed by atoms with Gasteiger partial charge in [-0.25, -0.2) is 8.42 Å². The molecule has 6 rings (SSSR count). The van der Waals surface area contributed by atoms with Gasteiger partial charge in [-0.15, -0.1) is 0 Å². The highest BCUT2D eigenvalue weighted by atomic mass is 32.2. The van der Waals surface area contributed by atoms with Crippen LogP contribution >= 0.6 is 7.60 Å². The van der Waals surface area contributed by atoms with Gasteiger partial charge in [0.15, 0.2) is 12.6 Å². The Hall–Kier alpha value is -3.91. The number of sulfonamides is 1. The predicted octanol–water partition coefficient (Wildman–Crippen LogP) is 6.78. The number of carbonyl (C=O) groups is 1. The van der Waals surface area contributed by atoms with E-state index in [1.807, 2.05) is 105 Å². The molecule has 12 nitrogen and oxygen atoms in total. The summed E-state index contributed by atoms with van der Waals surface area (Å²) in [6.07, 6.45) is -0.543. The van der Waals surface area contributed by atoms with Gasteiger partial charge in [0.25, 0.3) is 0 Å². The van der Waals surface area contributed by atoms with Gasteiger partial charge >= 0.3 is 7.60 Å². The van der Waals surface area contributed by atoms with E-state index >= 15 is 0 Å². The molecule has 2 saturated heterocycles. The molecule has 0 aromatic heterocycles. The lowest BCUT2D eigenvalue weighted by molar-refractivity contribution is -0.124. The van der Waals surface area contributed by atoms with Crippen molar-refractivity contribution < 1.29 is 46.1 Å². The lowest BCUT2D eigenvalue weighted by Gasteiger charge is -2.31. The number of benzene rings is 4. The summed E-state index contributed by atoms with van der Waals surface area (Å²) >= 11 is 0. The van der Waals surface area contributed by atoms with Crippen molar-refractivity contribution in [3.63, 3.8) is 0 Å². The number of hydrogen-bond acceptors (Lipinski definition) is 10. The van der Waals surface area contributed by atoms with E-state index < -0.39 is 36.1 Å². The lowest BCUT2D eigenvalue weighted by Crippen LogP contribution is -2.51. The minimum atomic E-state index is -4.12. The summed E-state index contributed by atoms with van der Waals surface area (Å²) in [5.74, 6) is 0.131. The predicted molar refractivity (Wildman–Crippen MR) is 216 cm³/mol. The van der Waals surface area contributed by atoms with Crippen molar-refractivity contribution in [2.45, 2.75) is 69.7 Å². The van der Waals surface area contributed by atoms with Crippen LogP contribution < -0.4 is 10.1 Å². The highest BCUT2D eigenvalue weighted by Crippen LogP contribution is 2.50. The first-order valence-corrected chi connectivity index (χ1v) is 22.6. The molecular formula is C43H53N2O10PS. The molecule has 0 bridgehead atoms. The van der Waals surface area contributed by atoms with Gasteiger partial charge in [-0.05, 0) is 65.6 Å². The molecule has 0 aliphatic carbocycles. The van der Waals surface area contributed by atoms with Crippen LogP contribution in [0.4, 0.5) is 0 Å². The maximum absolute atomic E-state index is 14.2. The van der Waals surface area contributed by atoms with E-state index in [1.54, 1.807) is 0 Å². The highest BCUT2D eigenvalue weighted by Gasteiger charge is 2.42. The molecule has 0 unspecified atom stereocenters. The summed E-state index contributed by atoms with van der Waals surface area (Å²) in [6.45, 7) is 4.82. The Morgan fingerprint density at radius 3 is 2.00 bits per heavy atom. The number of carbonyl (C=O) groups excluding carboxylic acids is 1. The average molecular weight is 821 g/mol. The molecule has 57 heavy (non-hydrogen) atoms. The van der Waals surface area contributed by atoms with E-state index in [0.717, 1.165) is 23.1 Å². The zero-order valence-electron chi connectivity index (χ0n) is 32.4. The number of fused-ring (bicyclic) bond motifs is 1. The average Bonchev–Trinajstić information content (AvgIpc) is 3.84. The molecular weight excluding hydrogens is 768 g/mol. The van der Waals surface area contributed by atoms with Crippen LogP contribution in [-0.4, -0.2) is 74.8 Å². The van der Waals surface area contributed by atoms with Crippen molar-refractivity contribution in [1.29, 1.82) is 0 Å². The quantitative estimate of drug-likeness (QED) is 0.0862. The van der Waals surface area contributed by atoms with E-state index in [1.165, 1.54) is 28.6 Å². The number of ether oxygens (including phenoxy) is 3. The Balaban J connectivity index is 1.13. The minimum absolute atomic E-state index is 0.00681. The second-order valence-corrected chi connectivity index (χ2v) is 18.9. The summed E-state index contributed by atoms with van der Waals surface area (Å²) in [5.41, 5.74) is 2.53. The van der Waals surface area contributed by atoms with Crippen molar-refractivity contribution in [3.8, 4) is 5.75 Å². The van der Waals surface area contributed by atoms with Crippen LogP contribution in [0.25, 0.3) is 0 Å². The van der Waals surface area contributed by atoms with Crippen LogP contribution in [0.5, 0.6) is 5.75 Å². The summed E-state index contributed by atoms with van der Waals surface area (Å²) in [4.78, 5) is 13.4. The standard InChI is InChI=1S/C43H53N2O10PS/c1-32(2)26-45(27-41(46)40(24-33-12-6-3-7-13-33)44-42(47)25-36-30-52-43-39(36)22-23-51-43)57(49,50)38-20-18-37(19-21-38)53-31-56(48,54-28-34-14-8-4-9-15-34)55-29-35-16-10-5-11-17-35/h3-21,32,36,39-41,43,46H,22-31H2,1-2H3,(H,44,47)/t36-,39-,40-,41+,43+/m0/s1. The van der Waals surface area contributed by atoms with E-state index in [9.17, 15) is 22.9 Å². The number of rotatable bonds is 21. The monoisotopic (exact) mass is 820 g/mol. The fourth-order valence-electron chi connectivity index (χ4n) is 7.05. The largest absolute Gasteiger partial charge is 0.481 e. The fraction of sp³-hybridized carbons (Fsp3) is 0.419. The molecule has 1 amide bonds. The van der Waals surface area contributed by atoms with Crippen LogP contribution in [0.2, 0.25) is 0 Å². The molecule has 0 spiro atoms. The van der Waals surface area contributed by atoms with E-state index in [2.05, 4.69) is 5.32 Å². The van der Waals surface area contributed by atoms with Crippen molar-refractivity contribution in [2.75, 3.05) is 32.7 Å². The van der Waals surface area contributed by atoms with Gasteiger partial charge in [0.1, 0.15) is 5.75 Å². The van der Waals surface area contributed by atoms with Crippen molar-refractivity contribution >= 4 is 23.5 Å². The first-order chi connectivity index (χ1) is 27.5. The second kappa shape index (κ2) is 20.2. The summed E-state index contributed by atoms with van der Waals surface area (Å²) < 4.78 is 72.4. The molecule has 306 valence electrons. The van der Waals surface area contributed by atoms with Gasteiger partial charge in [-0.3, -0.25) is 9.36 Å². The maximum atomic E-state index is 14.2. The number of nitrogens with zero attached hydrogens (tertiary/aromatic N) is 1. The topological polar surface area (TPSA) is 150 Å². The van der Waals surface area contributed by atoms with Crippen LogP contribution in [0.15, 0.2) is 120 Å². The fourth-order valence-corrected chi connectivity index (χ4v) is 9.89. The number of hydrogen-bond donors (Lipinski definition) is 2. The van der Waals surface area contributed by atoms with E-state index in [0.29, 0.717) is 19.6 Å². The molecule has 2 N–H and O–H groups in total. The van der Waals surface area contributed by atoms with E-state index in [-0.39, 0.29) is 73.3 Å². The van der Waals surface area contributed by atoms with E-state index in [4.69, 9.17) is 23.3 Å². The highest BCUT2D eigenvalue weighted by molar-refractivity contribution is 7.89. The molecule has 2 heterocycles. The van der Waals surface area contributed by atoms with Crippen LogP contribution in [0.3, 0.4) is 0 Å².